The van der Waals surface area contributed by atoms with Gasteiger partial charge in [0.2, 0.25) is 0 Å². The predicted octanol–water partition coefficient (Wildman–Crippen LogP) is 3.05. The summed E-state index contributed by atoms with van der Waals surface area (Å²) in [5.74, 6) is 0. The minimum Gasteiger partial charge on any atom is -0.461 e. The summed E-state index contributed by atoms with van der Waals surface area (Å²) in [6.45, 7) is 0. The average molecular weight is 183 g/mol. The lowest BCUT2D eigenvalue weighted by atomic mass is 10.2. The molecule has 2 heteroatoms. The molecule has 0 atom stereocenters. The second-order valence-electron chi connectivity index (χ2n) is 2.73. The van der Waals surface area contributed by atoms with E-state index >= 15 is 0 Å². The SMILES string of the molecule is [c]1cccc2c[nH]cc12.[c]1ccco1. The van der Waals surface area contributed by atoms with Crippen LogP contribution in [0.15, 0.2) is 53.4 Å². The summed E-state index contributed by atoms with van der Waals surface area (Å²) in [6.07, 6.45) is 7.96. The summed E-state index contributed by atoms with van der Waals surface area (Å²) < 4.78 is 4.46. The summed E-state index contributed by atoms with van der Waals surface area (Å²) in [5.41, 5.74) is 0. The van der Waals surface area contributed by atoms with Crippen LogP contribution in [-0.2, 0) is 0 Å². The van der Waals surface area contributed by atoms with E-state index < -0.39 is 0 Å². The van der Waals surface area contributed by atoms with Gasteiger partial charge in [-0.05, 0) is 23.6 Å². The summed E-state index contributed by atoms with van der Waals surface area (Å²) in [4.78, 5) is 3.01. The molecule has 0 saturated heterocycles. The van der Waals surface area contributed by atoms with Crippen LogP contribution >= 0.6 is 0 Å². The predicted molar refractivity (Wildman–Crippen MR) is 54.7 cm³/mol. The summed E-state index contributed by atoms with van der Waals surface area (Å²) >= 11 is 0. The van der Waals surface area contributed by atoms with Gasteiger partial charge in [0.1, 0.15) is 0 Å². The Morgan fingerprint density at radius 2 is 2.14 bits per heavy atom. The summed E-state index contributed by atoms with van der Waals surface area (Å²) in [7, 11) is 0. The van der Waals surface area contributed by atoms with Gasteiger partial charge in [-0.15, -0.1) is 0 Å². The van der Waals surface area contributed by atoms with Crippen LogP contribution in [-0.4, -0.2) is 4.98 Å². The van der Waals surface area contributed by atoms with Crippen LogP contribution in [0.25, 0.3) is 10.8 Å². The number of furan rings is 1. The van der Waals surface area contributed by atoms with E-state index in [1.807, 2.05) is 24.5 Å². The van der Waals surface area contributed by atoms with Crippen molar-refractivity contribution in [2.24, 2.45) is 0 Å². The van der Waals surface area contributed by atoms with Crippen molar-refractivity contribution in [2.45, 2.75) is 0 Å². The molecule has 1 N–H and O–H groups in total. The Morgan fingerprint density at radius 3 is 2.79 bits per heavy atom. The van der Waals surface area contributed by atoms with Crippen molar-refractivity contribution in [3.8, 4) is 0 Å². The van der Waals surface area contributed by atoms with Crippen molar-refractivity contribution in [1.29, 1.82) is 0 Å². The molecule has 0 saturated carbocycles. The summed E-state index contributed by atoms with van der Waals surface area (Å²) in [5, 5.41) is 2.37. The smallest absolute Gasteiger partial charge is 0.169 e. The van der Waals surface area contributed by atoms with E-state index in [2.05, 4.69) is 27.8 Å². The van der Waals surface area contributed by atoms with E-state index in [1.54, 1.807) is 18.4 Å². The number of benzene rings is 1. The molecule has 2 radical (unpaired) electrons. The largest absolute Gasteiger partial charge is 0.461 e. The molecule has 2 nitrogen and oxygen atoms in total. The zero-order chi connectivity index (χ0) is 9.64. The highest BCUT2D eigenvalue weighted by molar-refractivity contribution is 5.80. The Kier molecular flexibility index (Phi) is 2.67. The van der Waals surface area contributed by atoms with Crippen LogP contribution in [0.5, 0.6) is 0 Å². The van der Waals surface area contributed by atoms with E-state index in [-0.39, 0.29) is 0 Å². The molecular formula is C12H9NO. The maximum Gasteiger partial charge on any atom is 0.169 e. The van der Waals surface area contributed by atoms with Crippen molar-refractivity contribution in [2.75, 3.05) is 0 Å². The first-order valence-corrected chi connectivity index (χ1v) is 4.29. The van der Waals surface area contributed by atoms with Gasteiger partial charge < -0.3 is 9.40 Å². The molecule has 0 fully saturated rings. The third-order valence-electron chi connectivity index (χ3n) is 1.77. The molecule has 14 heavy (non-hydrogen) atoms. The van der Waals surface area contributed by atoms with Crippen molar-refractivity contribution < 1.29 is 4.42 Å². The third kappa shape index (κ3) is 2.04. The van der Waals surface area contributed by atoms with Crippen LogP contribution in [0.1, 0.15) is 0 Å². The maximum atomic E-state index is 4.46. The molecule has 3 rings (SSSR count). The van der Waals surface area contributed by atoms with Gasteiger partial charge in [-0.1, -0.05) is 18.2 Å². The fourth-order valence-corrected chi connectivity index (χ4v) is 1.12. The average Bonchev–Trinajstić information content (AvgIpc) is 2.92. The topological polar surface area (TPSA) is 28.9 Å². The molecule has 0 bridgehead atoms. The van der Waals surface area contributed by atoms with Crippen molar-refractivity contribution in [3.63, 3.8) is 0 Å². The normalized spacial score (nSPS) is 9.43. The molecular weight excluding hydrogens is 174 g/mol. The molecule has 68 valence electrons. The first-order valence-electron chi connectivity index (χ1n) is 4.29. The van der Waals surface area contributed by atoms with Gasteiger partial charge in [-0.2, -0.15) is 0 Å². The number of aromatic amines is 1. The van der Waals surface area contributed by atoms with Gasteiger partial charge in [0.05, 0.1) is 6.26 Å². The Labute approximate surface area is 82.2 Å². The molecule has 0 aliphatic heterocycles. The first-order chi connectivity index (χ1) is 6.97. The van der Waals surface area contributed by atoms with Crippen LogP contribution in [0.2, 0.25) is 0 Å². The van der Waals surface area contributed by atoms with Crippen molar-refractivity contribution in [3.05, 3.63) is 61.3 Å². The molecule has 1 aromatic carbocycles. The second-order valence-corrected chi connectivity index (χ2v) is 2.73. The van der Waals surface area contributed by atoms with Crippen LogP contribution in [0.3, 0.4) is 0 Å². The van der Waals surface area contributed by atoms with E-state index in [0.29, 0.717) is 0 Å². The van der Waals surface area contributed by atoms with Crippen molar-refractivity contribution in [1.82, 2.24) is 4.98 Å². The van der Waals surface area contributed by atoms with Gasteiger partial charge >= 0.3 is 0 Å². The molecule has 2 aromatic heterocycles. The number of aromatic nitrogens is 1. The van der Waals surface area contributed by atoms with Crippen LogP contribution in [0, 0.1) is 12.3 Å². The van der Waals surface area contributed by atoms with Crippen LogP contribution in [0.4, 0.5) is 0 Å². The van der Waals surface area contributed by atoms with Gasteiger partial charge in [-0.3, -0.25) is 0 Å². The van der Waals surface area contributed by atoms with Gasteiger partial charge in [0.15, 0.2) is 6.26 Å². The standard InChI is InChI=1S/C8H6N.C4H3O/c1-2-4-8-6-9-5-7(8)3-1;1-2-4-5-3-1/h1-3,5-6,9H;1-3H. The van der Waals surface area contributed by atoms with Gasteiger partial charge in [0.25, 0.3) is 0 Å². The zero-order valence-electron chi connectivity index (χ0n) is 7.53. The Balaban J connectivity index is 0.000000128. The van der Waals surface area contributed by atoms with Crippen molar-refractivity contribution >= 4 is 10.8 Å². The molecule has 3 aromatic rings. The van der Waals surface area contributed by atoms with Gasteiger partial charge in [0, 0.05) is 17.8 Å². The lowest BCUT2D eigenvalue weighted by molar-refractivity contribution is 0.558. The highest BCUT2D eigenvalue weighted by Gasteiger charge is 1.87. The number of H-pyrrole nitrogens is 1. The van der Waals surface area contributed by atoms with E-state index in [1.165, 1.54) is 5.39 Å². The van der Waals surface area contributed by atoms with E-state index in [4.69, 9.17) is 0 Å². The Bertz CT molecular complexity index is 420. The fraction of sp³-hybridized carbons (Fsp3) is 0. The van der Waals surface area contributed by atoms with Gasteiger partial charge in [-0.25, -0.2) is 0 Å². The highest BCUT2D eigenvalue weighted by atomic mass is 16.3. The van der Waals surface area contributed by atoms with Crippen LogP contribution < -0.4 is 0 Å². The number of hydrogen-bond donors (Lipinski definition) is 1. The first kappa shape index (κ1) is 8.63. The molecule has 0 unspecified atom stereocenters. The monoisotopic (exact) mass is 183 g/mol. The minimum atomic E-state index is 1.15. The number of fused-ring (bicyclic) bond motifs is 1. The minimum absolute atomic E-state index is 1.15. The quantitative estimate of drug-likeness (QED) is 0.570. The Morgan fingerprint density at radius 1 is 1.14 bits per heavy atom. The fourth-order valence-electron chi connectivity index (χ4n) is 1.12. The van der Waals surface area contributed by atoms with E-state index in [9.17, 15) is 0 Å². The summed E-state index contributed by atoms with van der Waals surface area (Å²) in [6, 6.07) is 12.5. The molecule has 0 aliphatic rings. The molecule has 0 spiro atoms. The maximum absolute atomic E-state index is 4.46. The highest BCUT2D eigenvalue weighted by Crippen LogP contribution is 2.09. The molecule has 0 aliphatic carbocycles. The number of hydrogen-bond acceptors (Lipinski definition) is 1. The number of nitrogens with one attached hydrogen (secondary N) is 1. The molecule has 2 heterocycles. The van der Waals surface area contributed by atoms with E-state index in [0.717, 1.165) is 5.39 Å². The lowest BCUT2D eigenvalue weighted by Crippen LogP contribution is -1.58. The zero-order valence-corrected chi connectivity index (χ0v) is 7.53. The third-order valence-corrected chi connectivity index (χ3v) is 1.77. The number of rotatable bonds is 0. The molecule has 0 amide bonds. The second kappa shape index (κ2) is 4.33. The lowest BCUT2D eigenvalue weighted by Gasteiger charge is -1.81. The Hall–Kier alpha value is -1.96.